The van der Waals surface area contributed by atoms with Gasteiger partial charge in [0, 0.05) is 0 Å². The van der Waals surface area contributed by atoms with Gasteiger partial charge in [-0.1, -0.05) is 20.8 Å². The third-order valence-corrected chi connectivity index (χ3v) is 3.04. The van der Waals surface area contributed by atoms with E-state index in [0.29, 0.717) is 0 Å². The maximum atomic E-state index is 10.7. The van der Waals surface area contributed by atoms with Crippen molar-refractivity contribution >= 4 is 13.6 Å². The zero-order chi connectivity index (χ0) is 10.2. The van der Waals surface area contributed by atoms with Gasteiger partial charge in [0.25, 0.3) is 0 Å². The molecule has 0 aliphatic carbocycles. The van der Waals surface area contributed by atoms with Crippen LogP contribution in [0.2, 0.25) is 0 Å². The summed E-state index contributed by atoms with van der Waals surface area (Å²) in [6, 6.07) is 0. The molecule has 0 aromatic heterocycles. The van der Waals surface area contributed by atoms with Crippen molar-refractivity contribution in [1.29, 1.82) is 0 Å². The molecule has 12 heavy (non-hydrogen) atoms. The summed E-state index contributed by atoms with van der Waals surface area (Å²) in [7, 11) is -4.62. The van der Waals surface area contributed by atoms with E-state index in [0.717, 1.165) is 0 Å². The highest BCUT2D eigenvalue weighted by molar-refractivity contribution is 7.53. The largest absolute Gasteiger partial charge is 0.549 e. The van der Waals surface area contributed by atoms with Crippen LogP contribution in [0, 0.1) is 5.41 Å². The third kappa shape index (κ3) is 2.93. The summed E-state index contributed by atoms with van der Waals surface area (Å²) in [5.74, 6) is -1.71. The van der Waals surface area contributed by atoms with Gasteiger partial charge >= 0.3 is 7.60 Å². The Hall–Kier alpha value is -0.380. The normalized spacial score (nSPS) is 15.8. The number of rotatable bonds is 2. The van der Waals surface area contributed by atoms with Crippen molar-refractivity contribution in [3.05, 3.63) is 0 Å². The SMILES string of the molecule is CC(C)(C)C(C(=O)[O-])P(=O)(O)O. The lowest BCUT2D eigenvalue weighted by Gasteiger charge is -2.31. The van der Waals surface area contributed by atoms with Gasteiger partial charge in [0.15, 0.2) is 0 Å². The molecule has 0 aromatic rings. The molecule has 6 heteroatoms. The van der Waals surface area contributed by atoms with E-state index in [1.54, 1.807) is 0 Å². The van der Waals surface area contributed by atoms with E-state index in [2.05, 4.69) is 0 Å². The first-order valence-corrected chi connectivity index (χ1v) is 5.01. The van der Waals surface area contributed by atoms with E-state index < -0.39 is 24.6 Å². The lowest BCUT2D eigenvalue weighted by Crippen LogP contribution is -2.43. The quantitative estimate of drug-likeness (QED) is 0.569. The standard InChI is InChI=1S/C6H13O5P/c1-6(2,3)4(5(7)8)12(9,10)11/h4H,1-3H3,(H,7,8)(H2,9,10,11)/p-1. The Morgan fingerprint density at radius 2 is 1.75 bits per heavy atom. The summed E-state index contributed by atoms with van der Waals surface area (Å²) in [6.07, 6.45) is 0. The van der Waals surface area contributed by atoms with Crippen LogP contribution < -0.4 is 5.11 Å². The van der Waals surface area contributed by atoms with Crippen molar-refractivity contribution in [2.75, 3.05) is 0 Å². The third-order valence-electron chi connectivity index (χ3n) is 1.38. The molecule has 5 nitrogen and oxygen atoms in total. The highest BCUT2D eigenvalue weighted by atomic mass is 31.2. The van der Waals surface area contributed by atoms with Crippen LogP contribution in [-0.2, 0) is 9.36 Å². The molecule has 0 radical (unpaired) electrons. The average molecular weight is 195 g/mol. The highest BCUT2D eigenvalue weighted by Crippen LogP contribution is 2.49. The fourth-order valence-electron chi connectivity index (χ4n) is 0.995. The molecule has 0 aliphatic heterocycles. The van der Waals surface area contributed by atoms with Crippen molar-refractivity contribution in [3.8, 4) is 0 Å². The predicted molar refractivity (Wildman–Crippen MR) is 40.3 cm³/mol. The van der Waals surface area contributed by atoms with Gasteiger partial charge in [-0.3, -0.25) is 4.57 Å². The number of carboxylic acid groups (broad SMARTS) is 1. The van der Waals surface area contributed by atoms with Gasteiger partial charge < -0.3 is 19.7 Å². The van der Waals surface area contributed by atoms with E-state index in [1.165, 1.54) is 20.8 Å². The van der Waals surface area contributed by atoms with Gasteiger partial charge in [0.1, 0.15) is 5.66 Å². The fourth-order valence-corrected chi connectivity index (χ4v) is 2.28. The molecule has 1 unspecified atom stereocenters. The van der Waals surface area contributed by atoms with E-state index in [1.807, 2.05) is 0 Å². The molecule has 0 aliphatic rings. The zero-order valence-electron chi connectivity index (χ0n) is 7.14. The van der Waals surface area contributed by atoms with E-state index >= 15 is 0 Å². The molecule has 0 fully saturated rings. The Kier molecular flexibility index (Phi) is 3.07. The molecule has 0 saturated carbocycles. The summed E-state index contributed by atoms with van der Waals surface area (Å²) in [5.41, 5.74) is -2.75. The van der Waals surface area contributed by atoms with Crippen LogP contribution in [0.15, 0.2) is 0 Å². The van der Waals surface area contributed by atoms with Gasteiger partial charge in [0.05, 0.1) is 5.97 Å². The minimum atomic E-state index is -4.62. The molecule has 0 amide bonds. The van der Waals surface area contributed by atoms with Crippen LogP contribution >= 0.6 is 7.60 Å². The summed E-state index contributed by atoms with van der Waals surface area (Å²) in [5, 5.41) is 10.4. The molecule has 1 atom stereocenters. The molecule has 2 N–H and O–H groups in total. The molecule has 0 heterocycles. The van der Waals surface area contributed by atoms with Crippen molar-refractivity contribution in [2.24, 2.45) is 5.41 Å². The molecule has 0 spiro atoms. The number of carbonyl (C=O) groups is 1. The molecule has 0 saturated heterocycles. The van der Waals surface area contributed by atoms with Crippen LogP contribution in [-0.4, -0.2) is 21.4 Å². The minimum absolute atomic E-state index is 1.00. The van der Waals surface area contributed by atoms with Crippen molar-refractivity contribution < 1.29 is 24.3 Å². The lowest BCUT2D eigenvalue weighted by atomic mass is 9.92. The van der Waals surface area contributed by atoms with Crippen molar-refractivity contribution in [1.82, 2.24) is 0 Å². The zero-order valence-corrected chi connectivity index (χ0v) is 8.04. The van der Waals surface area contributed by atoms with E-state index in [9.17, 15) is 14.5 Å². The molecular formula is C6H12O5P-. The van der Waals surface area contributed by atoms with Crippen LogP contribution in [0.1, 0.15) is 20.8 Å². The number of hydrogen-bond acceptors (Lipinski definition) is 3. The number of carboxylic acids is 1. The van der Waals surface area contributed by atoms with Crippen LogP contribution in [0.4, 0.5) is 0 Å². The first-order chi connectivity index (χ1) is 5.07. The number of hydrogen-bond donors (Lipinski definition) is 2. The second-order valence-corrected chi connectivity index (χ2v) is 5.37. The van der Waals surface area contributed by atoms with Crippen molar-refractivity contribution in [3.63, 3.8) is 0 Å². The second-order valence-electron chi connectivity index (χ2n) is 3.68. The van der Waals surface area contributed by atoms with Gasteiger partial charge in [-0.05, 0) is 5.41 Å². The van der Waals surface area contributed by atoms with Crippen LogP contribution in [0.25, 0.3) is 0 Å². The minimum Gasteiger partial charge on any atom is -0.549 e. The Bertz CT molecular complexity index is 223. The summed E-state index contributed by atoms with van der Waals surface area (Å²) in [4.78, 5) is 27.7. The van der Waals surface area contributed by atoms with Gasteiger partial charge in [-0.15, -0.1) is 0 Å². The molecule has 72 valence electrons. The average Bonchev–Trinajstić information content (AvgIpc) is 1.49. The summed E-state index contributed by atoms with van der Waals surface area (Å²) < 4.78 is 10.7. The first-order valence-electron chi connectivity index (χ1n) is 3.33. The summed E-state index contributed by atoms with van der Waals surface area (Å²) in [6.45, 7) is 4.31. The van der Waals surface area contributed by atoms with E-state index in [-0.39, 0.29) is 0 Å². The van der Waals surface area contributed by atoms with Crippen LogP contribution in [0.5, 0.6) is 0 Å². The smallest absolute Gasteiger partial charge is 0.334 e. The Morgan fingerprint density at radius 1 is 1.42 bits per heavy atom. The fraction of sp³-hybridized carbons (Fsp3) is 0.833. The molecule has 0 rings (SSSR count). The Balaban J connectivity index is 4.96. The monoisotopic (exact) mass is 195 g/mol. The predicted octanol–water partition coefficient (Wildman–Crippen LogP) is -0.671. The molecular weight excluding hydrogens is 183 g/mol. The van der Waals surface area contributed by atoms with Gasteiger partial charge in [0.2, 0.25) is 0 Å². The van der Waals surface area contributed by atoms with Crippen LogP contribution in [0.3, 0.4) is 0 Å². The van der Waals surface area contributed by atoms with Gasteiger partial charge in [-0.2, -0.15) is 0 Å². The lowest BCUT2D eigenvalue weighted by molar-refractivity contribution is -0.307. The first kappa shape index (κ1) is 11.6. The highest BCUT2D eigenvalue weighted by Gasteiger charge is 2.39. The van der Waals surface area contributed by atoms with E-state index in [4.69, 9.17) is 9.79 Å². The second kappa shape index (κ2) is 3.17. The Morgan fingerprint density at radius 3 is 1.75 bits per heavy atom. The number of aliphatic carboxylic acids is 1. The molecule has 0 bridgehead atoms. The molecule has 0 aromatic carbocycles. The van der Waals surface area contributed by atoms with Gasteiger partial charge in [-0.25, -0.2) is 0 Å². The maximum absolute atomic E-state index is 10.7. The summed E-state index contributed by atoms with van der Waals surface area (Å²) >= 11 is 0. The number of carbonyl (C=O) groups excluding carboxylic acids is 1. The Labute approximate surface area is 70.6 Å². The maximum Gasteiger partial charge on any atom is 0.334 e. The topological polar surface area (TPSA) is 97.7 Å². The van der Waals surface area contributed by atoms with Crippen molar-refractivity contribution in [2.45, 2.75) is 26.4 Å².